The number of nitrogens with zero attached hydrogens (tertiary/aromatic N) is 3. The quantitative estimate of drug-likeness (QED) is 0.330. The number of hydrogen-bond acceptors (Lipinski definition) is 5. The van der Waals surface area contributed by atoms with Gasteiger partial charge in [0, 0.05) is 42.6 Å². The average molecular weight is 471 g/mol. The van der Waals surface area contributed by atoms with Gasteiger partial charge in [0.1, 0.15) is 5.82 Å². The van der Waals surface area contributed by atoms with Crippen LogP contribution in [0.25, 0.3) is 21.7 Å². The van der Waals surface area contributed by atoms with Crippen molar-refractivity contribution >= 4 is 56.5 Å². The van der Waals surface area contributed by atoms with Crippen LogP contribution in [0.1, 0.15) is 25.7 Å². The van der Waals surface area contributed by atoms with E-state index in [4.69, 9.17) is 22.2 Å². The van der Waals surface area contributed by atoms with Crippen molar-refractivity contribution in [1.29, 1.82) is 0 Å². The van der Waals surface area contributed by atoms with E-state index in [2.05, 4.69) is 64.5 Å². The van der Waals surface area contributed by atoms with E-state index in [0.29, 0.717) is 23.1 Å². The molecule has 1 heterocycles. The first-order valence-corrected chi connectivity index (χ1v) is 12.2. The van der Waals surface area contributed by atoms with Crippen molar-refractivity contribution in [2.24, 2.45) is 0 Å². The minimum absolute atomic E-state index is 0.355. The third kappa shape index (κ3) is 4.89. The van der Waals surface area contributed by atoms with E-state index in [0.717, 1.165) is 48.1 Å². The molecule has 34 heavy (non-hydrogen) atoms. The Labute approximate surface area is 205 Å². The molecule has 0 spiro atoms. The summed E-state index contributed by atoms with van der Waals surface area (Å²) in [6.45, 7) is 0. The lowest BCUT2D eigenvalue weighted by atomic mass is 9.91. The standard InChI is InChI=1S/C27H30N6S/c1-33(2)25-22-11-5-6-12-24(22)30-26(32-25)28-19-14-16-20(17-15-19)29-27(34)31-23-13-7-9-18-8-3-4-10-21(18)23/h3-13,19-20H,14-17H2,1-2H3,(H,28,30,32)(H2,29,31,34)/t19-,20+. The van der Waals surface area contributed by atoms with Crippen molar-refractivity contribution in [2.75, 3.05) is 29.6 Å². The van der Waals surface area contributed by atoms with Crippen molar-refractivity contribution in [1.82, 2.24) is 15.3 Å². The molecule has 0 amide bonds. The summed E-state index contributed by atoms with van der Waals surface area (Å²) in [4.78, 5) is 11.6. The molecule has 1 fully saturated rings. The van der Waals surface area contributed by atoms with Gasteiger partial charge in [-0.05, 0) is 61.5 Å². The van der Waals surface area contributed by atoms with Crippen molar-refractivity contribution in [3.63, 3.8) is 0 Å². The molecule has 4 aromatic rings. The van der Waals surface area contributed by atoms with Gasteiger partial charge in [-0.25, -0.2) is 4.98 Å². The molecular weight excluding hydrogens is 440 g/mol. The Morgan fingerprint density at radius 3 is 2.29 bits per heavy atom. The Kier molecular flexibility index (Phi) is 6.45. The molecule has 1 aliphatic rings. The molecule has 0 saturated heterocycles. The lowest BCUT2D eigenvalue weighted by Gasteiger charge is -2.30. The molecule has 0 unspecified atom stereocenters. The summed E-state index contributed by atoms with van der Waals surface area (Å²) in [5.41, 5.74) is 2.00. The topological polar surface area (TPSA) is 65.1 Å². The molecule has 3 aromatic carbocycles. The SMILES string of the molecule is CN(C)c1nc(N[C@H]2CC[C@@H](NC(=S)Nc3cccc4ccccc34)CC2)nc2ccccc12. The second-order valence-corrected chi connectivity index (χ2v) is 9.51. The summed E-state index contributed by atoms with van der Waals surface area (Å²) in [7, 11) is 4.04. The number of rotatable bonds is 5. The Morgan fingerprint density at radius 1 is 0.824 bits per heavy atom. The number of nitrogens with one attached hydrogen (secondary N) is 3. The van der Waals surface area contributed by atoms with Crippen LogP contribution in [-0.4, -0.2) is 41.3 Å². The molecule has 0 bridgehead atoms. The smallest absolute Gasteiger partial charge is 0.225 e. The Hall–Kier alpha value is -3.45. The number of para-hydroxylation sites is 1. The Balaban J connectivity index is 1.18. The second-order valence-electron chi connectivity index (χ2n) is 9.10. The monoisotopic (exact) mass is 470 g/mol. The van der Waals surface area contributed by atoms with Gasteiger partial charge in [-0.3, -0.25) is 0 Å². The number of fused-ring (bicyclic) bond motifs is 2. The minimum atomic E-state index is 0.355. The van der Waals surface area contributed by atoms with E-state index in [1.54, 1.807) is 0 Å². The molecular formula is C27H30N6S. The number of benzene rings is 3. The molecule has 0 aliphatic heterocycles. The largest absolute Gasteiger partial charge is 0.362 e. The van der Waals surface area contributed by atoms with Gasteiger partial charge in [0.15, 0.2) is 5.11 Å². The maximum atomic E-state index is 5.64. The summed E-state index contributed by atoms with van der Waals surface area (Å²) in [5.74, 6) is 1.64. The molecule has 1 aromatic heterocycles. The van der Waals surface area contributed by atoms with Crippen LogP contribution in [0.4, 0.5) is 17.5 Å². The molecule has 1 saturated carbocycles. The van der Waals surface area contributed by atoms with Gasteiger partial charge in [-0.2, -0.15) is 4.98 Å². The molecule has 3 N–H and O–H groups in total. The fourth-order valence-electron chi connectivity index (χ4n) is 4.71. The molecule has 0 atom stereocenters. The molecule has 174 valence electrons. The van der Waals surface area contributed by atoms with E-state index in [-0.39, 0.29) is 0 Å². The highest BCUT2D eigenvalue weighted by atomic mass is 32.1. The van der Waals surface area contributed by atoms with Crippen molar-refractivity contribution in [3.8, 4) is 0 Å². The average Bonchev–Trinajstić information content (AvgIpc) is 2.85. The highest BCUT2D eigenvalue weighted by Gasteiger charge is 2.23. The third-order valence-electron chi connectivity index (χ3n) is 6.44. The zero-order valence-corrected chi connectivity index (χ0v) is 20.4. The van der Waals surface area contributed by atoms with Gasteiger partial charge in [0.05, 0.1) is 5.52 Å². The summed E-state index contributed by atoms with van der Waals surface area (Å²) in [6.07, 6.45) is 4.18. The minimum Gasteiger partial charge on any atom is -0.362 e. The molecule has 7 heteroatoms. The van der Waals surface area contributed by atoms with Gasteiger partial charge in [0.2, 0.25) is 5.95 Å². The Morgan fingerprint density at radius 2 is 1.50 bits per heavy atom. The first-order chi connectivity index (χ1) is 16.6. The van der Waals surface area contributed by atoms with Gasteiger partial charge >= 0.3 is 0 Å². The van der Waals surface area contributed by atoms with E-state index in [9.17, 15) is 0 Å². The van der Waals surface area contributed by atoms with Crippen LogP contribution in [0.5, 0.6) is 0 Å². The van der Waals surface area contributed by atoms with Crippen LogP contribution in [0, 0.1) is 0 Å². The van der Waals surface area contributed by atoms with Gasteiger partial charge in [-0.15, -0.1) is 0 Å². The zero-order valence-electron chi connectivity index (χ0n) is 19.6. The highest BCUT2D eigenvalue weighted by Crippen LogP contribution is 2.27. The maximum Gasteiger partial charge on any atom is 0.225 e. The summed E-state index contributed by atoms with van der Waals surface area (Å²) in [6, 6.07) is 23.5. The lowest BCUT2D eigenvalue weighted by molar-refractivity contribution is 0.387. The van der Waals surface area contributed by atoms with E-state index in [1.807, 2.05) is 37.2 Å². The van der Waals surface area contributed by atoms with Crippen molar-refractivity contribution in [2.45, 2.75) is 37.8 Å². The van der Waals surface area contributed by atoms with Gasteiger partial charge in [0.25, 0.3) is 0 Å². The van der Waals surface area contributed by atoms with E-state index >= 15 is 0 Å². The molecule has 1 aliphatic carbocycles. The Bertz CT molecular complexity index is 1310. The number of hydrogen-bond donors (Lipinski definition) is 3. The van der Waals surface area contributed by atoms with Crippen LogP contribution in [0.15, 0.2) is 66.7 Å². The summed E-state index contributed by atoms with van der Waals surface area (Å²) in [5, 5.41) is 14.6. The highest BCUT2D eigenvalue weighted by molar-refractivity contribution is 7.80. The van der Waals surface area contributed by atoms with Crippen LogP contribution >= 0.6 is 12.2 Å². The summed E-state index contributed by atoms with van der Waals surface area (Å²) < 4.78 is 0. The number of anilines is 3. The normalized spacial score (nSPS) is 17.9. The van der Waals surface area contributed by atoms with Gasteiger partial charge in [-0.1, -0.05) is 48.5 Å². The van der Waals surface area contributed by atoms with Crippen molar-refractivity contribution < 1.29 is 0 Å². The van der Waals surface area contributed by atoms with Crippen LogP contribution in [0.3, 0.4) is 0 Å². The van der Waals surface area contributed by atoms with Gasteiger partial charge < -0.3 is 20.9 Å². The van der Waals surface area contributed by atoms with Crippen LogP contribution < -0.4 is 20.9 Å². The first kappa shape index (κ1) is 22.3. The first-order valence-electron chi connectivity index (χ1n) is 11.8. The predicted molar refractivity (Wildman–Crippen MR) is 147 cm³/mol. The van der Waals surface area contributed by atoms with Crippen LogP contribution in [0.2, 0.25) is 0 Å². The fraction of sp³-hybridized carbons (Fsp3) is 0.296. The predicted octanol–water partition coefficient (Wildman–Crippen LogP) is 5.56. The van der Waals surface area contributed by atoms with Crippen LogP contribution in [-0.2, 0) is 0 Å². The maximum absolute atomic E-state index is 5.64. The molecule has 5 rings (SSSR count). The molecule has 0 radical (unpaired) electrons. The second kappa shape index (κ2) is 9.81. The third-order valence-corrected chi connectivity index (χ3v) is 6.66. The fourth-order valence-corrected chi connectivity index (χ4v) is 4.98. The summed E-state index contributed by atoms with van der Waals surface area (Å²) >= 11 is 5.64. The number of thiocarbonyl (C=S) groups is 1. The van der Waals surface area contributed by atoms with E-state index in [1.165, 1.54) is 10.8 Å². The molecule has 6 nitrogen and oxygen atoms in total. The van der Waals surface area contributed by atoms with Crippen molar-refractivity contribution in [3.05, 3.63) is 66.7 Å². The van der Waals surface area contributed by atoms with E-state index < -0.39 is 0 Å². The lowest BCUT2D eigenvalue weighted by Crippen LogP contribution is -2.42. The number of aromatic nitrogens is 2. The zero-order chi connectivity index (χ0) is 23.5.